The fraction of sp³-hybridized carbons (Fsp3) is 0.300. The van der Waals surface area contributed by atoms with Gasteiger partial charge in [-0.2, -0.15) is 0 Å². The number of carbonyl (C=O) groups is 2. The van der Waals surface area contributed by atoms with Gasteiger partial charge in [0.1, 0.15) is 5.75 Å². The summed E-state index contributed by atoms with van der Waals surface area (Å²) < 4.78 is 35.2. The van der Waals surface area contributed by atoms with Crippen LogP contribution >= 0.6 is 0 Å². The first kappa shape index (κ1) is 21.4. The molecular formula is C20H23NO6S. The Labute approximate surface area is 164 Å². The van der Waals surface area contributed by atoms with Gasteiger partial charge in [-0.25, -0.2) is 8.42 Å². The molecule has 7 nitrogen and oxygen atoms in total. The van der Waals surface area contributed by atoms with Gasteiger partial charge in [-0.05, 0) is 49.2 Å². The maximum absolute atomic E-state index is 12.4. The number of aryl methyl sites for hydroxylation is 1. The summed E-state index contributed by atoms with van der Waals surface area (Å²) in [6.45, 7) is 1.51. The van der Waals surface area contributed by atoms with Crippen molar-refractivity contribution in [2.45, 2.75) is 25.9 Å². The zero-order chi connectivity index (χ0) is 20.7. The number of anilines is 1. The third-order valence-corrected chi connectivity index (χ3v) is 4.55. The number of methoxy groups -OCH3 is 1. The van der Waals surface area contributed by atoms with Gasteiger partial charge in [0.25, 0.3) is 0 Å². The quantitative estimate of drug-likeness (QED) is 0.509. The van der Waals surface area contributed by atoms with E-state index < -0.39 is 22.1 Å². The summed E-state index contributed by atoms with van der Waals surface area (Å²) in [5.41, 5.74) is 1.56. The molecule has 0 bridgehead atoms. The number of esters is 1. The molecule has 0 saturated carbocycles. The Bertz CT molecular complexity index is 937. The SMILES string of the molecule is COc1ccccc1CCC(=O)O[C@H](C)C(=O)c1ccc(NS(C)(=O)=O)cc1. The Morgan fingerprint density at radius 2 is 1.71 bits per heavy atom. The lowest BCUT2D eigenvalue weighted by atomic mass is 10.1. The number of hydrogen-bond donors (Lipinski definition) is 1. The monoisotopic (exact) mass is 405 g/mol. The average molecular weight is 405 g/mol. The third-order valence-electron chi connectivity index (χ3n) is 3.94. The first-order valence-electron chi connectivity index (χ1n) is 8.63. The number of ether oxygens (including phenoxy) is 2. The van der Waals surface area contributed by atoms with Crippen LogP contribution in [0.5, 0.6) is 5.75 Å². The normalized spacial score (nSPS) is 12.1. The Morgan fingerprint density at radius 3 is 2.32 bits per heavy atom. The van der Waals surface area contributed by atoms with Gasteiger partial charge >= 0.3 is 5.97 Å². The van der Waals surface area contributed by atoms with E-state index in [-0.39, 0.29) is 12.2 Å². The van der Waals surface area contributed by atoms with Crippen LogP contribution in [0.1, 0.15) is 29.3 Å². The van der Waals surface area contributed by atoms with Gasteiger partial charge < -0.3 is 9.47 Å². The number of nitrogens with one attached hydrogen (secondary N) is 1. The Balaban J connectivity index is 1.91. The molecule has 0 unspecified atom stereocenters. The highest BCUT2D eigenvalue weighted by molar-refractivity contribution is 7.92. The van der Waals surface area contributed by atoms with E-state index in [2.05, 4.69) is 4.72 Å². The zero-order valence-corrected chi connectivity index (χ0v) is 16.8. The minimum absolute atomic E-state index is 0.120. The number of sulfonamides is 1. The molecule has 28 heavy (non-hydrogen) atoms. The molecule has 8 heteroatoms. The minimum atomic E-state index is -3.39. The summed E-state index contributed by atoms with van der Waals surface area (Å²) in [4.78, 5) is 24.5. The predicted octanol–water partition coefficient (Wildman–Crippen LogP) is 2.81. The van der Waals surface area contributed by atoms with Crippen LogP contribution in [0.2, 0.25) is 0 Å². The second kappa shape index (κ2) is 9.36. The van der Waals surface area contributed by atoms with Crippen molar-refractivity contribution < 1.29 is 27.5 Å². The number of rotatable bonds is 9. The van der Waals surface area contributed by atoms with Gasteiger partial charge in [-0.3, -0.25) is 14.3 Å². The smallest absolute Gasteiger partial charge is 0.306 e. The van der Waals surface area contributed by atoms with Gasteiger partial charge in [-0.1, -0.05) is 18.2 Å². The first-order valence-corrected chi connectivity index (χ1v) is 10.5. The molecule has 0 heterocycles. The molecule has 1 N–H and O–H groups in total. The highest BCUT2D eigenvalue weighted by Crippen LogP contribution is 2.19. The van der Waals surface area contributed by atoms with Crippen molar-refractivity contribution in [3.8, 4) is 5.75 Å². The van der Waals surface area contributed by atoms with Crippen LogP contribution in [0.3, 0.4) is 0 Å². The van der Waals surface area contributed by atoms with Crippen LogP contribution in [0.4, 0.5) is 5.69 Å². The molecule has 0 radical (unpaired) electrons. The average Bonchev–Trinajstić information content (AvgIpc) is 2.65. The van der Waals surface area contributed by atoms with E-state index in [1.807, 2.05) is 24.3 Å². The zero-order valence-electron chi connectivity index (χ0n) is 16.0. The van der Waals surface area contributed by atoms with Crippen LogP contribution in [-0.4, -0.2) is 39.6 Å². The summed E-state index contributed by atoms with van der Waals surface area (Å²) in [7, 11) is -1.83. The van der Waals surface area contributed by atoms with Crippen LogP contribution in [0.25, 0.3) is 0 Å². The van der Waals surface area contributed by atoms with Crippen LogP contribution in [0, 0.1) is 0 Å². The summed E-state index contributed by atoms with van der Waals surface area (Å²) in [5, 5.41) is 0. The van der Waals surface area contributed by atoms with Gasteiger partial charge in [0, 0.05) is 17.7 Å². The highest BCUT2D eigenvalue weighted by atomic mass is 32.2. The molecule has 1 atom stereocenters. The van der Waals surface area contributed by atoms with E-state index in [9.17, 15) is 18.0 Å². The highest BCUT2D eigenvalue weighted by Gasteiger charge is 2.20. The molecule has 0 fully saturated rings. The van der Waals surface area contributed by atoms with Crippen molar-refractivity contribution in [2.24, 2.45) is 0 Å². The van der Waals surface area contributed by atoms with Crippen molar-refractivity contribution in [2.75, 3.05) is 18.1 Å². The summed E-state index contributed by atoms with van der Waals surface area (Å²) in [5.74, 6) is -0.152. The summed E-state index contributed by atoms with van der Waals surface area (Å²) >= 11 is 0. The molecule has 2 aromatic rings. The Hall–Kier alpha value is -2.87. The Morgan fingerprint density at radius 1 is 1.07 bits per heavy atom. The van der Waals surface area contributed by atoms with Crippen molar-refractivity contribution in [3.63, 3.8) is 0 Å². The largest absolute Gasteiger partial charge is 0.496 e. The van der Waals surface area contributed by atoms with Crippen molar-refractivity contribution in [1.29, 1.82) is 0 Å². The second-order valence-electron chi connectivity index (χ2n) is 6.26. The molecule has 2 aromatic carbocycles. The van der Waals surface area contributed by atoms with E-state index >= 15 is 0 Å². The van der Waals surface area contributed by atoms with Crippen molar-refractivity contribution in [3.05, 3.63) is 59.7 Å². The van der Waals surface area contributed by atoms with E-state index in [0.717, 1.165) is 11.8 Å². The van der Waals surface area contributed by atoms with Gasteiger partial charge in [0.05, 0.1) is 13.4 Å². The number of benzene rings is 2. The number of carbonyl (C=O) groups excluding carboxylic acids is 2. The predicted molar refractivity (Wildman–Crippen MR) is 106 cm³/mol. The molecule has 0 saturated heterocycles. The minimum Gasteiger partial charge on any atom is -0.496 e. The lowest BCUT2D eigenvalue weighted by molar-refractivity contribution is -0.146. The second-order valence-corrected chi connectivity index (χ2v) is 8.01. The topological polar surface area (TPSA) is 98.8 Å². The third kappa shape index (κ3) is 6.38. The maximum Gasteiger partial charge on any atom is 0.306 e. The van der Waals surface area contributed by atoms with Crippen LogP contribution in [0.15, 0.2) is 48.5 Å². The number of ketones is 1. The van der Waals surface area contributed by atoms with Gasteiger partial charge in [0.15, 0.2) is 6.10 Å². The molecule has 0 spiro atoms. The number of para-hydroxylation sites is 1. The standard InChI is InChI=1S/C20H23NO6S/c1-14(20(23)16-8-11-17(12-9-16)21-28(3,24)25)27-19(22)13-10-15-6-4-5-7-18(15)26-2/h4-9,11-12,14,21H,10,13H2,1-3H3/t14-/m1/s1. The first-order chi connectivity index (χ1) is 13.2. The van der Waals surface area contributed by atoms with Crippen molar-refractivity contribution >= 4 is 27.5 Å². The molecule has 150 valence electrons. The molecule has 0 aliphatic carbocycles. The molecule has 2 rings (SSSR count). The number of Topliss-reactive ketones (excluding diaryl/α,β-unsaturated/α-hetero) is 1. The maximum atomic E-state index is 12.4. The van der Waals surface area contributed by atoms with E-state index in [4.69, 9.17) is 9.47 Å². The molecular weight excluding hydrogens is 382 g/mol. The Kier molecular flexibility index (Phi) is 7.17. The van der Waals surface area contributed by atoms with Crippen molar-refractivity contribution in [1.82, 2.24) is 0 Å². The van der Waals surface area contributed by atoms with E-state index in [0.29, 0.717) is 23.4 Å². The van der Waals surface area contributed by atoms with E-state index in [1.165, 1.54) is 31.2 Å². The van der Waals surface area contributed by atoms with Crippen LogP contribution in [-0.2, 0) is 26.0 Å². The number of hydrogen-bond acceptors (Lipinski definition) is 6. The molecule has 0 aromatic heterocycles. The van der Waals surface area contributed by atoms with Crippen LogP contribution < -0.4 is 9.46 Å². The summed E-state index contributed by atoms with van der Waals surface area (Å²) in [6.07, 6.45) is 0.655. The molecule has 0 aliphatic rings. The fourth-order valence-corrected chi connectivity index (χ4v) is 3.17. The molecule has 0 amide bonds. The fourth-order valence-electron chi connectivity index (χ4n) is 2.61. The molecule has 0 aliphatic heterocycles. The lowest BCUT2D eigenvalue weighted by Crippen LogP contribution is -2.24. The summed E-state index contributed by atoms with van der Waals surface area (Å²) in [6, 6.07) is 13.3. The van der Waals surface area contributed by atoms with Gasteiger partial charge in [-0.15, -0.1) is 0 Å². The lowest BCUT2D eigenvalue weighted by Gasteiger charge is -2.13. The van der Waals surface area contributed by atoms with Gasteiger partial charge in [0.2, 0.25) is 15.8 Å². The van der Waals surface area contributed by atoms with E-state index in [1.54, 1.807) is 7.11 Å².